The molecule has 1 atom stereocenters. The van der Waals surface area contributed by atoms with E-state index in [1.807, 2.05) is 55.5 Å². The molecular weight excluding hydrogens is 474 g/mol. The van der Waals surface area contributed by atoms with Crippen LogP contribution in [0.25, 0.3) is 10.2 Å². The molecule has 31 heavy (non-hydrogen) atoms. The lowest BCUT2D eigenvalue weighted by Gasteiger charge is -2.34. The van der Waals surface area contributed by atoms with E-state index < -0.39 is 0 Å². The summed E-state index contributed by atoms with van der Waals surface area (Å²) >= 11 is 4.90. The molecule has 1 aliphatic carbocycles. The van der Waals surface area contributed by atoms with Gasteiger partial charge in [0.1, 0.15) is 0 Å². The van der Waals surface area contributed by atoms with E-state index in [0.29, 0.717) is 17.1 Å². The highest BCUT2D eigenvalue weighted by molar-refractivity contribution is 9.10. The molecule has 3 aromatic rings. The Bertz CT molecular complexity index is 1280. The van der Waals surface area contributed by atoms with Crippen molar-refractivity contribution in [3.63, 3.8) is 0 Å². The monoisotopic (exact) mass is 493 g/mol. The predicted octanol–water partition coefficient (Wildman–Crippen LogP) is 5.67. The third kappa shape index (κ3) is 3.72. The smallest absolute Gasteiger partial charge is 0.256 e. The average Bonchev–Trinajstić information content (AvgIpc) is 3.14. The fourth-order valence-electron chi connectivity index (χ4n) is 4.38. The maximum atomic E-state index is 13.5. The molecule has 1 unspecified atom stereocenters. The van der Waals surface area contributed by atoms with Gasteiger partial charge in [0.15, 0.2) is 10.9 Å². The first kappa shape index (κ1) is 20.2. The van der Waals surface area contributed by atoms with E-state index in [9.17, 15) is 9.59 Å². The van der Waals surface area contributed by atoms with Gasteiger partial charge in [-0.05, 0) is 43.5 Å². The van der Waals surface area contributed by atoms with E-state index in [1.54, 1.807) is 0 Å². The number of rotatable bonds is 3. The molecule has 2 N–H and O–H groups in total. The van der Waals surface area contributed by atoms with Crippen LogP contribution >= 0.6 is 27.3 Å². The Hall–Kier alpha value is -2.77. The SMILES string of the molecule is CC1=C(C(=O)Nc2nc3ccc(Br)cc3s2)C(c2ccccc2)C2=C(CCCC2=O)N1. The van der Waals surface area contributed by atoms with Gasteiger partial charge in [-0.15, -0.1) is 0 Å². The molecule has 0 bridgehead atoms. The van der Waals surface area contributed by atoms with Crippen LogP contribution in [-0.4, -0.2) is 16.7 Å². The summed E-state index contributed by atoms with van der Waals surface area (Å²) in [6.45, 7) is 1.91. The molecule has 2 heterocycles. The number of amides is 1. The van der Waals surface area contributed by atoms with Crippen LogP contribution in [0.1, 0.15) is 37.7 Å². The van der Waals surface area contributed by atoms with Gasteiger partial charge < -0.3 is 5.32 Å². The highest BCUT2D eigenvalue weighted by Gasteiger charge is 2.38. The minimum absolute atomic E-state index is 0.116. The number of carbonyl (C=O) groups is 2. The van der Waals surface area contributed by atoms with Crippen molar-refractivity contribution >= 4 is 54.3 Å². The number of anilines is 1. The zero-order chi connectivity index (χ0) is 21.5. The molecule has 5 nitrogen and oxygen atoms in total. The van der Waals surface area contributed by atoms with Gasteiger partial charge in [0.05, 0.1) is 10.2 Å². The maximum Gasteiger partial charge on any atom is 0.256 e. The molecule has 0 spiro atoms. The Labute approximate surface area is 192 Å². The summed E-state index contributed by atoms with van der Waals surface area (Å²) in [7, 11) is 0. The van der Waals surface area contributed by atoms with E-state index >= 15 is 0 Å². The van der Waals surface area contributed by atoms with Gasteiger partial charge in [-0.1, -0.05) is 57.6 Å². The van der Waals surface area contributed by atoms with Gasteiger partial charge in [0.2, 0.25) is 0 Å². The fraction of sp³-hybridized carbons (Fsp3) is 0.208. The van der Waals surface area contributed by atoms with Crippen LogP contribution in [0.4, 0.5) is 5.13 Å². The maximum absolute atomic E-state index is 13.5. The molecule has 2 aromatic carbocycles. The minimum Gasteiger partial charge on any atom is -0.362 e. The number of dihydropyridines is 1. The Balaban J connectivity index is 1.55. The first-order valence-electron chi connectivity index (χ1n) is 10.2. The molecule has 1 aliphatic heterocycles. The molecule has 1 aromatic heterocycles. The number of benzene rings is 2. The second-order valence-corrected chi connectivity index (χ2v) is 9.71. The molecule has 2 aliphatic rings. The number of hydrogen-bond donors (Lipinski definition) is 2. The third-order valence-electron chi connectivity index (χ3n) is 5.72. The van der Waals surface area contributed by atoms with Crippen molar-refractivity contribution in [2.75, 3.05) is 5.32 Å². The number of allylic oxidation sites excluding steroid dienone is 3. The number of nitrogens with one attached hydrogen (secondary N) is 2. The Morgan fingerprint density at radius 3 is 2.81 bits per heavy atom. The lowest BCUT2D eigenvalue weighted by molar-refractivity contribution is -0.116. The predicted molar refractivity (Wildman–Crippen MR) is 127 cm³/mol. The number of nitrogens with zero attached hydrogens (tertiary/aromatic N) is 1. The lowest BCUT2D eigenvalue weighted by Crippen LogP contribution is -2.35. The summed E-state index contributed by atoms with van der Waals surface area (Å²) in [5, 5.41) is 6.88. The van der Waals surface area contributed by atoms with E-state index in [2.05, 4.69) is 31.5 Å². The van der Waals surface area contributed by atoms with Crippen LogP contribution in [0.15, 0.2) is 75.5 Å². The van der Waals surface area contributed by atoms with E-state index in [-0.39, 0.29) is 17.6 Å². The summed E-state index contributed by atoms with van der Waals surface area (Å²) in [4.78, 5) is 31.0. The highest BCUT2D eigenvalue weighted by atomic mass is 79.9. The number of hydrogen-bond acceptors (Lipinski definition) is 5. The molecule has 1 amide bonds. The Morgan fingerprint density at radius 1 is 1.19 bits per heavy atom. The van der Waals surface area contributed by atoms with Crippen molar-refractivity contribution < 1.29 is 9.59 Å². The molecule has 0 saturated heterocycles. The first-order chi connectivity index (χ1) is 15.0. The van der Waals surface area contributed by atoms with Crippen molar-refractivity contribution in [1.82, 2.24) is 10.3 Å². The number of aromatic nitrogens is 1. The number of thiazole rings is 1. The number of ketones is 1. The normalized spacial score (nSPS) is 18.8. The van der Waals surface area contributed by atoms with Crippen LogP contribution < -0.4 is 10.6 Å². The highest BCUT2D eigenvalue weighted by Crippen LogP contribution is 2.42. The van der Waals surface area contributed by atoms with Gasteiger partial charge in [-0.25, -0.2) is 4.98 Å². The van der Waals surface area contributed by atoms with Crippen LogP contribution in [-0.2, 0) is 9.59 Å². The van der Waals surface area contributed by atoms with E-state index in [1.165, 1.54) is 11.3 Å². The number of halogens is 1. The fourth-order valence-corrected chi connectivity index (χ4v) is 5.79. The third-order valence-corrected chi connectivity index (χ3v) is 7.15. The molecule has 5 rings (SSSR count). The van der Waals surface area contributed by atoms with Crippen molar-refractivity contribution in [3.8, 4) is 0 Å². The first-order valence-corrected chi connectivity index (χ1v) is 11.8. The Kier molecular flexibility index (Phi) is 5.24. The van der Waals surface area contributed by atoms with Gasteiger partial charge in [-0.3, -0.25) is 14.9 Å². The summed E-state index contributed by atoms with van der Waals surface area (Å²) in [6.07, 6.45) is 2.18. The standard InChI is InChI=1S/C24H20BrN3O2S/c1-13-20(23(30)28-24-27-16-11-10-15(25)12-19(16)31-24)21(14-6-3-2-4-7-14)22-17(26-13)8-5-9-18(22)29/h2-4,6-7,10-12,21,26H,5,8-9H2,1H3,(H,27,28,30). The zero-order valence-electron chi connectivity index (χ0n) is 16.9. The van der Waals surface area contributed by atoms with Gasteiger partial charge >= 0.3 is 0 Å². The van der Waals surface area contributed by atoms with Crippen molar-refractivity contribution in [3.05, 3.63) is 81.1 Å². The second kappa shape index (κ2) is 8.05. The van der Waals surface area contributed by atoms with Crippen LogP contribution in [0, 0.1) is 0 Å². The van der Waals surface area contributed by atoms with Crippen LogP contribution in [0.3, 0.4) is 0 Å². The molecule has 0 radical (unpaired) electrons. The van der Waals surface area contributed by atoms with Gasteiger partial charge in [-0.2, -0.15) is 0 Å². The summed E-state index contributed by atoms with van der Waals surface area (Å²) < 4.78 is 1.96. The van der Waals surface area contributed by atoms with Crippen molar-refractivity contribution in [2.24, 2.45) is 0 Å². The van der Waals surface area contributed by atoms with Crippen molar-refractivity contribution in [2.45, 2.75) is 32.1 Å². The number of carbonyl (C=O) groups excluding carboxylic acids is 2. The van der Waals surface area contributed by atoms with E-state index in [0.717, 1.165) is 50.1 Å². The topological polar surface area (TPSA) is 71.1 Å². The quantitative estimate of drug-likeness (QED) is 0.493. The molecule has 7 heteroatoms. The second-order valence-electron chi connectivity index (χ2n) is 7.76. The Morgan fingerprint density at radius 2 is 2.00 bits per heavy atom. The minimum atomic E-state index is -0.381. The summed E-state index contributed by atoms with van der Waals surface area (Å²) in [5.41, 5.74) is 4.81. The molecule has 156 valence electrons. The average molecular weight is 494 g/mol. The number of fused-ring (bicyclic) bond motifs is 1. The molecule has 0 saturated carbocycles. The molecular formula is C24H20BrN3O2S. The zero-order valence-corrected chi connectivity index (χ0v) is 19.3. The molecule has 0 fully saturated rings. The van der Waals surface area contributed by atoms with Crippen molar-refractivity contribution in [1.29, 1.82) is 0 Å². The van der Waals surface area contributed by atoms with Crippen LogP contribution in [0.5, 0.6) is 0 Å². The van der Waals surface area contributed by atoms with E-state index in [4.69, 9.17) is 0 Å². The van der Waals surface area contributed by atoms with Gasteiger partial charge in [0.25, 0.3) is 5.91 Å². The summed E-state index contributed by atoms with van der Waals surface area (Å²) in [6, 6.07) is 15.6. The summed E-state index contributed by atoms with van der Waals surface area (Å²) in [5.74, 6) is -0.499. The lowest BCUT2D eigenvalue weighted by atomic mass is 9.75. The van der Waals surface area contributed by atoms with Gasteiger partial charge in [0, 0.05) is 39.4 Å². The van der Waals surface area contributed by atoms with Crippen LogP contribution in [0.2, 0.25) is 0 Å². The largest absolute Gasteiger partial charge is 0.362 e. The number of Topliss-reactive ketones (excluding diaryl/α,β-unsaturated/α-hetero) is 1.